The van der Waals surface area contributed by atoms with Gasteiger partial charge in [0.05, 0.1) is 19.3 Å². The summed E-state index contributed by atoms with van der Waals surface area (Å²) >= 11 is 0. The van der Waals surface area contributed by atoms with Crippen LogP contribution in [0.3, 0.4) is 0 Å². The molecule has 1 atom stereocenters. The third-order valence-corrected chi connectivity index (χ3v) is 6.26. The second kappa shape index (κ2) is 14.8. The molecule has 2 aromatic heterocycles. The Bertz CT molecular complexity index is 1790. The summed E-state index contributed by atoms with van der Waals surface area (Å²) in [5, 5.41) is 19.4. The predicted octanol–water partition coefficient (Wildman–Crippen LogP) is 4.68. The van der Waals surface area contributed by atoms with E-state index in [1.165, 1.54) is 36.5 Å². The van der Waals surface area contributed by atoms with Crippen molar-refractivity contribution in [2.75, 3.05) is 4.90 Å². The summed E-state index contributed by atoms with van der Waals surface area (Å²) in [6, 6.07) is 10.7. The van der Waals surface area contributed by atoms with Gasteiger partial charge in [0.1, 0.15) is 23.5 Å². The van der Waals surface area contributed by atoms with Gasteiger partial charge in [-0.2, -0.15) is 4.98 Å². The summed E-state index contributed by atoms with van der Waals surface area (Å²) in [6.45, 7) is -1.17. The first kappa shape index (κ1) is 35.2. The first-order valence-corrected chi connectivity index (χ1v) is 13.6. The van der Waals surface area contributed by atoms with Gasteiger partial charge < -0.3 is 19.9 Å². The number of hydrogen-bond donors (Lipinski definition) is 2. The zero-order valence-corrected chi connectivity index (χ0v) is 24.3. The van der Waals surface area contributed by atoms with E-state index < -0.39 is 54.6 Å². The maximum atomic E-state index is 14.7. The Morgan fingerprint density at radius 3 is 2.19 bits per heavy atom. The van der Waals surface area contributed by atoms with E-state index >= 15 is 0 Å². The van der Waals surface area contributed by atoms with E-state index in [0.717, 1.165) is 39.7 Å². The molecule has 0 spiro atoms. The van der Waals surface area contributed by atoms with Crippen LogP contribution in [-0.4, -0.2) is 60.5 Å². The van der Waals surface area contributed by atoms with Crippen LogP contribution in [0.15, 0.2) is 71.8 Å². The Morgan fingerprint density at radius 1 is 0.958 bits per heavy atom. The smallest absolute Gasteiger partial charge is 0.465 e. The fourth-order valence-electron chi connectivity index (χ4n) is 4.20. The molecule has 13 nitrogen and oxygen atoms in total. The van der Waals surface area contributed by atoms with Crippen molar-refractivity contribution in [1.82, 2.24) is 29.9 Å². The molecule has 20 heteroatoms. The van der Waals surface area contributed by atoms with Crippen LogP contribution >= 0.6 is 0 Å². The fraction of sp³-hybridized carbons (Fsp3) is 0.286. The average molecular weight is 688 g/mol. The van der Waals surface area contributed by atoms with Crippen molar-refractivity contribution < 1.29 is 54.9 Å². The minimum Gasteiger partial charge on any atom is -0.465 e. The van der Waals surface area contributed by atoms with Crippen molar-refractivity contribution in [3.63, 3.8) is 0 Å². The molecule has 0 aliphatic heterocycles. The molecule has 2 aromatic carbocycles. The van der Waals surface area contributed by atoms with Crippen molar-refractivity contribution in [2.45, 2.75) is 51.5 Å². The van der Waals surface area contributed by atoms with E-state index in [4.69, 9.17) is 0 Å². The molecule has 2 N–H and O–H groups in total. The minimum atomic E-state index is -4.95. The predicted molar refractivity (Wildman–Crippen MR) is 150 cm³/mol. The van der Waals surface area contributed by atoms with E-state index in [2.05, 4.69) is 30.1 Å². The zero-order valence-electron chi connectivity index (χ0n) is 24.3. The van der Waals surface area contributed by atoms with Gasteiger partial charge in [-0.3, -0.25) is 14.3 Å². The van der Waals surface area contributed by atoms with Crippen LogP contribution in [0.1, 0.15) is 28.0 Å². The molecular formula is C28H24F7N7O6. The lowest BCUT2D eigenvalue weighted by Gasteiger charge is -2.19. The molecule has 2 heterocycles. The number of benzene rings is 2. The number of nitrogens with zero attached hydrogens (tertiary/aromatic N) is 6. The lowest BCUT2D eigenvalue weighted by atomic mass is 10.2. The van der Waals surface area contributed by atoms with E-state index in [-0.39, 0.29) is 43.1 Å². The quantitative estimate of drug-likeness (QED) is 0.191. The maximum absolute atomic E-state index is 14.7. The van der Waals surface area contributed by atoms with E-state index in [9.17, 15) is 50.2 Å². The molecule has 0 fully saturated rings. The molecular weight excluding hydrogens is 663 g/mol. The number of aromatic nitrogens is 5. The molecule has 0 bridgehead atoms. The van der Waals surface area contributed by atoms with Crippen molar-refractivity contribution in [3.05, 3.63) is 94.3 Å². The molecule has 48 heavy (non-hydrogen) atoms. The summed E-state index contributed by atoms with van der Waals surface area (Å²) in [5.74, 6) is -2.08. The number of amides is 2. The van der Waals surface area contributed by atoms with Gasteiger partial charge in [-0.1, -0.05) is 29.5 Å². The Hall–Kier alpha value is -5.69. The van der Waals surface area contributed by atoms with Crippen LogP contribution in [-0.2, 0) is 26.2 Å². The van der Waals surface area contributed by atoms with Crippen LogP contribution < -0.4 is 25.4 Å². The standard InChI is InChI=1S/C28H24F7N7O6/c29-19(15-41-16-22(38-39-41)24(43)36-13-17-3-1-5-20(11-17)47-27(30,31)32)7-9-40-10-8-23(37-25(40)44)42(26(45)46)14-18-4-2-6-21(12-18)48-28(33,34)35/h1-6,8,10-12,16,19H,7,9,13-15H2,(H,36,43)(H,45,46). The van der Waals surface area contributed by atoms with Gasteiger partial charge in [0.15, 0.2) is 5.69 Å². The van der Waals surface area contributed by atoms with Crippen molar-refractivity contribution in [2.24, 2.45) is 0 Å². The number of aryl methyl sites for hydroxylation is 1. The van der Waals surface area contributed by atoms with Gasteiger partial charge in [0, 0.05) is 19.3 Å². The van der Waals surface area contributed by atoms with Gasteiger partial charge >= 0.3 is 24.5 Å². The maximum Gasteiger partial charge on any atom is 0.573 e. The first-order valence-electron chi connectivity index (χ1n) is 13.6. The van der Waals surface area contributed by atoms with Gasteiger partial charge in [-0.15, -0.1) is 31.4 Å². The van der Waals surface area contributed by atoms with Crippen LogP contribution in [0, 0.1) is 0 Å². The SMILES string of the molecule is O=C(NCc1cccc(OC(F)(F)F)c1)c1cn(CC(F)CCn2ccc(N(Cc3cccc(OC(F)(F)F)c3)C(=O)O)nc2=O)nn1. The highest BCUT2D eigenvalue weighted by atomic mass is 19.4. The third-order valence-electron chi connectivity index (χ3n) is 6.26. The highest BCUT2D eigenvalue weighted by Crippen LogP contribution is 2.25. The number of anilines is 1. The van der Waals surface area contributed by atoms with Crippen LogP contribution in [0.4, 0.5) is 41.3 Å². The Kier molecular flexibility index (Phi) is 10.9. The molecule has 4 rings (SSSR count). The molecule has 4 aromatic rings. The number of ether oxygens (including phenoxy) is 2. The second-order valence-electron chi connectivity index (χ2n) is 9.92. The third kappa shape index (κ3) is 10.7. The van der Waals surface area contributed by atoms with Crippen LogP contribution in [0.2, 0.25) is 0 Å². The highest BCUT2D eigenvalue weighted by molar-refractivity contribution is 5.91. The number of carboxylic acid groups (broad SMARTS) is 1. The fourth-order valence-corrected chi connectivity index (χ4v) is 4.20. The number of carbonyl (C=O) groups is 2. The average Bonchev–Trinajstić information content (AvgIpc) is 3.45. The molecule has 0 aliphatic carbocycles. The highest BCUT2D eigenvalue weighted by Gasteiger charge is 2.32. The van der Waals surface area contributed by atoms with Crippen LogP contribution in [0.25, 0.3) is 0 Å². The molecule has 2 amide bonds. The Balaban J connectivity index is 1.29. The Morgan fingerprint density at radius 2 is 1.58 bits per heavy atom. The molecule has 0 saturated heterocycles. The molecule has 0 saturated carbocycles. The van der Waals surface area contributed by atoms with Crippen LogP contribution in [0.5, 0.6) is 11.5 Å². The number of hydrogen-bond acceptors (Lipinski definition) is 8. The molecule has 256 valence electrons. The summed E-state index contributed by atoms with van der Waals surface area (Å²) in [5.41, 5.74) is -0.692. The molecule has 0 aliphatic rings. The number of alkyl halides is 7. The first-order chi connectivity index (χ1) is 22.5. The lowest BCUT2D eigenvalue weighted by Crippen LogP contribution is -2.33. The minimum absolute atomic E-state index is 0.115. The molecule has 1 unspecified atom stereocenters. The number of carbonyl (C=O) groups excluding carboxylic acids is 1. The summed E-state index contributed by atoms with van der Waals surface area (Å²) in [6.07, 6.45) is -10.9. The van der Waals surface area contributed by atoms with Gasteiger partial charge in [0.2, 0.25) is 0 Å². The molecule has 0 radical (unpaired) electrons. The van der Waals surface area contributed by atoms with E-state index in [0.29, 0.717) is 10.5 Å². The monoisotopic (exact) mass is 687 g/mol. The Labute approximate surface area is 265 Å². The van der Waals surface area contributed by atoms with Gasteiger partial charge in [-0.25, -0.2) is 18.7 Å². The topological polar surface area (TPSA) is 154 Å². The summed E-state index contributed by atoms with van der Waals surface area (Å²) in [7, 11) is 0. The summed E-state index contributed by atoms with van der Waals surface area (Å²) < 4.78 is 99.4. The number of nitrogens with one attached hydrogen (secondary N) is 1. The van der Waals surface area contributed by atoms with Crippen molar-refractivity contribution in [1.29, 1.82) is 0 Å². The number of rotatable bonds is 13. The van der Waals surface area contributed by atoms with Crippen molar-refractivity contribution in [3.8, 4) is 11.5 Å². The second-order valence-corrected chi connectivity index (χ2v) is 9.92. The van der Waals surface area contributed by atoms with Gasteiger partial charge in [0.25, 0.3) is 5.91 Å². The van der Waals surface area contributed by atoms with Gasteiger partial charge in [-0.05, 0) is 47.9 Å². The number of halogens is 7. The largest absolute Gasteiger partial charge is 0.573 e. The zero-order chi connectivity index (χ0) is 35.1. The lowest BCUT2D eigenvalue weighted by molar-refractivity contribution is -0.275. The van der Waals surface area contributed by atoms with Crippen molar-refractivity contribution >= 4 is 17.8 Å². The van der Waals surface area contributed by atoms with E-state index in [1.807, 2.05) is 0 Å². The summed E-state index contributed by atoms with van der Waals surface area (Å²) in [4.78, 5) is 41.1. The van der Waals surface area contributed by atoms with E-state index in [1.54, 1.807) is 0 Å². The normalized spacial score (nSPS) is 12.3.